The lowest BCUT2D eigenvalue weighted by molar-refractivity contribution is 0.160. The molecule has 1 aromatic carbocycles. The molecule has 1 atom stereocenters. The molecular weight excluding hydrogens is 274 g/mol. The topological polar surface area (TPSA) is 66.4 Å². The molecule has 2 N–H and O–H groups in total. The van der Waals surface area contributed by atoms with E-state index in [1.165, 1.54) is 17.4 Å². The van der Waals surface area contributed by atoms with Gasteiger partial charge < -0.3 is 10.4 Å². The number of hydrogen-bond donors (Lipinski definition) is 2. The maximum Gasteiger partial charge on any atom is 0.147 e. The number of hydrogen-bond acceptors (Lipinski definition) is 4. The van der Waals surface area contributed by atoms with Crippen LogP contribution in [0.5, 0.6) is 0 Å². The van der Waals surface area contributed by atoms with Crippen LogP contribution in [0, 0.1) is 0 Å². The molecular formula is C15H23NO3S. The Hall–Kier alpha value is -0.910. The van der Waals surface area contributed by atoms with Gasteiger partial charge in [-0.05, 0) is 43.4 Å². The zero-order chi connectivity index (χ0) is 14.6. The quantitative estimate of drug-likeness (QED) is 0.743. The van der Waals surface area contributed by atoms with Gasteiger partial charge in [-0.15, -0.1) is 0 Å². The van der Waals surface area contributed by atoms with E-state index in [2.05, 4.69) is 17.4 Å². The van der Waals surface area contributed by atoms with Crippen LogP contribution in [0.3, 0.4) is 0 Å². The zero-order valence-corrected chi connectivity index (χ0v) is 12.7. The molecule has 20 heavy (non-hydrogen) atoms. The van der Waals surface area contributed by atoms with E-state index in [0.29, 0.717) is 6.42 Å². The molecule has 112 valence electrons. The summed E-state index contributed by atoms with van der Waals surface area (Å²) in [5.41, 5.74) is 2.14. The number of nitrogens with one attached hydrogen (secondary N) is 1. The highest BCUT2D eigenvalue weighted by molar-refractivity contribution is 7.90. The summed E-state index contributed by atoms with van der Waals surface area (Å²) in [5, 5.41) is 13.2. The molecule has 0 spiro atoms. The number of sulfone groups is 1. The second kappa shape index (κ2) is 6.24. The molecule has 0 saturated carbocycles. The van der Waals surface area contributed by atoms with Gasteiger partial charge in [0.25, 0.3) is 0 Å². The monoisotopic (exact) mass is 297 g/mol. The second-order valence-corrected chi connectivity index (χ2v) is 7.92. The number of rotatable bonds is 7. The van der Waals surface area contributed by atoms with E-state index in [1.54, 1.807) is 0 Å². The molecule has 4 nitrogen and oxygen atoms in total. The van der Waals surface area contributed by atoms with E-state index in [-0.39, 0.29) is 17.9 Å². The van der Waals surface area contributed by atoms with Crippen LogP contribution in [0.25, 0.3) is 0 Å². The summed E-state index contributed by atoms with van der Waals surface area (Å²) in [7, 11) is -2.87. The largest absolute Gasteiger partial charge is 0.394 e. The Morgan fingerprint density at radius 2 is 2.05 bits per heavy atom. The normalized spacial score (nSPS) is 21.9. The maximum absolute atomic E-state index is 11.1. The third kappa shape index (κ3) is 3.59. The van der Waals surface area contributed by atoms with Crippen LogP contribution in [0.15, 0.2) is 24.3 Å². The first-order chi connectivity index (χ1) is 9.47. The average molecular weight is 297 g/mol. The summed E-state index contributed by atoms with van der Waals surface area (Å²) in [6.07, 6.45) is 4.61. The molecule has 0 saturated heterocycles. The standard InChI is InChI=1S/C15H23NO3S/c1-20(18,19)11-5-4-10-16-15(12-17)9-8-13-6-2-3-7-14(13)15/h2-3,6-7,16-17H,4-5,8-12H2,1H3. The van der Waals surface area contributed by atoms with Gasteiger partial charge in [0.05, 0.1) is 12.1 Å². The molecule has 0 aliphatic heterocycles. The molecule has 0 bridgehead atoms. The predicted molar refractivity (Wildman–Crippen MR) is 80.5 cm³/mol. The van der Waals surface area contributed by atoms with Crippen molar-refractivity contribution in [2.45, 2.75) is 31.2 Å². The molecule has 0 fully saturated rings. The van der Waals surface area contributed by atoms with Crippen LogP contribution in [-0.2, 0) is 21.8 Å². The molecule has 0 amide bonds. The van der Waals surface area contributed by atoms with Crippen molar-refractivity contribution in [2.75, 3.05) is 25.2 Å². The van der Waals surface area contributed by atoms with Crippen molar-refractivity contribution in [3.8, 4) is 0 Å². The molecule has 1 unspecified atom stereocenters. The first-order valence-corrected chi connectivity index (χ1v) is 9.15. The summed E-state index contributed by atoms with van der Waals surface area (Å²) < 4.78 is 22.1. The van der Waals surface area contributed by atoms with Crippen LogP contribution in [-0.4, -0.2) is 38.7 Å². The molecule has 0 radical (unpaired) electrons. The van der Waals surface area contributed by atoms with Crippen LogP contribution in [0.4, 0.5) is 0 Å². The number of benzene rings is 1. The molecule has 1 aromatic rings. The van der Waals surface area contributed by atoms with Crippen molar-refractivity contribution < 1.29 is 13.5 Å². The minimum atomic E-state index is -2.87. The van der Waals surface area contributed by atoms with Crippen LogP contribution in [0.1, 0.15) is 30.4 Å². The van der Waals surface area contributed by atoms with E-state index in [0.717, 1.165) is 25.8 Å². The average Bonchev–Trinajstić information content (AvgIpc) is 2.77. The third-order valence-electron chi connectivity index (χ3n) is 4.03. The van der Waals surface area contributed by atoms with E-state index in [9.17, 15) is 13.5 Å². The fraction of sp³-hybridized carbons (Fsp3) is 0.600. The smallest absolute Gasteiger partial charge is 0.147 e. The SMILES string of the molecule is CS(=O)(=O)CCCCNC1(CO)CCc2ccccc21. The van der Waals surface area contributed by atoms with E-state index in [4.69, 9.17) is 0 Å². The van der Waals surface area contributed by atoms with E-state index in [1.807, 2.05) is 12.1 Å². The van der Waals surface area contributed by atoms with Gasteiger partial charge in [0.1, 0.15) is 9.84 Å². The first kappa shape index (κ1) is 15.5. The first-order valence-electron chi connectivity index (χ1n) is 7.09. The second-order valence-electron chi connectivity index (χ2n) is 5.66. The molecule has 0 heterocycles. The molecule has 1 aliphatic carbocycles. The molecule has 2 rings (SSSR count). The minimum Gasteiger partial charge on any atom is -0.394 e. The van der Waals surface area contributed by atoms with Crippen molar-refractivity contribution in [2.24, 2.45) is 0 Å². The highest BCUT2D eigenvalue weighted by atomic mass is 32.2. The Morgan fingerprint density at radius 3 is 2.75 bits per heavy atom. The third-order valence-corrected chi connectivity index (χ3v) is 5.06. The van der Waals surface area contributed by atoms with Gasteiger partial charge in [-0.2, -0.15) is 0 Å². The van der Waals surface area contributed by atoms with Crippen molar-refractivity contribution in [1.82, 2.24) is 5.32 Å². The zero-order valence-electron chi connectivity index (χ0n) is 11.9. The van der Waals surface area contributed by atoms with E-state index >= 15 is 0 Å². The Bertz CT molecular complexity index is 556. The summed E-state index contributed by atoms with van der Waals surface area (Å²) >= 11 is 0. The van der Waals surface area contributed by atoms with Crippen molar-refractivity contribution in [3.05, 3.63) is 35.4 Å². The lowest BCUT2D eigenvalue weighted by Crippen LogP contribution is -2.44. The van der Waals surface area contributed by atoms with Gasteiger partial charge in [0.2, 0.25) is 0 Å². The summed E-state index contributed by atoms with van der Waals surface area (Å²) in [5.74, 6) is 0.234. The van der Waals surface area contributed by atoms with Crippen LogP contribution in [0.2, 0.25) is 0 Å². The predicted octanol–water partition coefficient (Wildman–Crippen LogP) is 1.23. The van der Waals surface area contributed by atoms with Crippen LogP contribution < -0.4 is 5.32 Å². The fourth-order valence-corrected chi connectivity index (χ4v) is 3.64. The Kier molecular flexibility index (Phi) is 4.83. The van der Waals surface area contributed by atoms with Crippen LogP contribution >= 0.6 is 0 Å². The highest BCUT2D eigenvalue weighted by Crippen LogP contribution is 2.36. The highest BCUT2D eigenvalue weighted by Gasteiger charge is 2.37. The van der Waals surface area contributed by atoms with Gasteiger partial charge in [0.15, 0.2) is 0 Å². The minimum absolute atomic E-state index is 0.0795. The Balaban J connectivity index is 1.91. The maximum atomic E-state index is 11.1. The summed E-state index contributed by atoms with van der Waals surface area (Å²) in [4.78, 5) is 0. The Labute approximate surface area is 121 Å². The lowest BCUT2D eigenvalue weighted by atomic mass is 9.92. The number of aliphatic hydroxyl groups is 1. The van der Waals surface area contributed by atoms with Gasteiger partial charge >= 0.3 is 0 Å². The van der Waals surface area contributed by atoms with Crippen molar-refractivity contribution in [3.63, 3.8) is 0 Å². The number of unbranched alkanes of at least 4 members (excludes halogenated alkanes) is 1. The molecule has 5 heteroatoms. The molecule has 1 aliphatic rings. The van der Waals surface area contributed by atoms with Gasteiger partial charge in [-0.25, -0.2) is 8.42 Å². The fourth-order valence-electron chi connectivity index (χ4n) is 2.91. The lowest BCUT2D eigenvalue weighted by Gasteiger charge is -2.30. The summed E-state index contributed by atoms with van der Waals surface area (Å²) in [6, 6.07) is 8.21. The summed E-state index contributed by atoms with van der Waals surface area (Å²) in [6.45, 7) is 0.806. The van der Waals surface area contributed by atoms with E-state index < -0.39 is 9.84 Å². The Morgan fingerprint density at radius 1 is 1.30 bits per heavy atom. The van der Waals surface area contributed by atoms with Gasteiger partial charge in [-0.3, -0.25) is 0 Å². The number of aryl methyl sites for hydroxylation is 1. The molecule has 0 aromatic heterocycles. The number of fused-ring (bicyclic) bond motifs is 1. The van der Waals surface area contributed by atoms with Gasteiger partial charge in [-0.1, -0.05) is 24.3 Å². The van der Waals surface area contributed by atoms with Gasteiger partial charge in [0, 0.05) is 12.0 Å². The van der Waals surface area contributed by atoms with Crippen molar-refractivity contribution >= 4 is 9.84 Å². The number of aliphatic hydroxyl groups excluding tert-OH is 1. The van der Waals surface area contributed by atoms with Crippen molar-refractivity contribution in [1.29, 1.82) is 0 Å².